The summed E-state index contributed by atoms with van der Waals surface area (Å²) < 4.78 is 14.7. The zero-order valence-corrected chi connectivity index (χ0v) is 26.0. The number of hydrazone groups is 1. The predicted octanol–water partition coefficient (Wildman–Crippen LogP) is 9.59. The molecule has 220 valence electrons. The van der Waals surface area contributed by atoms with Crippen molar-refractivity contribution in [3.8, 4) is 11.3 Å². The maximum absolute atomic E-state index is 13.9. The van der Waals surface area contributed by atoms with E-state index in [1.165, 1.54) is 17.1 Å². The third kappa shape index (κ3) is 6.07. The van der Waals surface area contributed by atoms with Crippen LogP contribution >= 0.6 is 27.5 Å². The molecule has 2 heterocycles. The molecule has 0 radical (unpaired) electrons. The van der Waals surface area contributed by atoms with Gasteiger partial charge in [-0.1, -0.05) is 82.1 Å². The van der Waals surface area contributed by atoms with Crippen LogP contribution in [0.25, 0.3) is 22.2 Å². The number of carbonyl (C=O) groups excluding carboxylic acids is 1. The first-order chi connectivity index (χ1) is 21.9. The number of fused-ring (bicyclic) bond motifs is 1. The van der Waals surface area contributed by atoms with Gasteiger partial charge in [-0.05, 0) is 77.9 Å². The molecule has 45 heavy (non-hydrogen) atoms. The van der Waals surface area contributed by atoms with Crippen LogP contribution < -0.4 is 5.32 Å². The number of nitrogens with one attached hydrogen (secondary N) is 1. The fourth-order valence-electron chi connectivity index (χ4n) is 5.39. The summed E-state index contributed by atoms with van der Waals surface area (Å²) in [5.74, 6) is -0.169. The van der Waals surface area contributed by atoms with E-state index in [1.807, 2.05) is 78.9 Å². The monoisotopic (exact) mass is 675 g/mol. The number of hydrogen-bond acceptors (Lipinski definition) is 5. The molecule has 1 aliphatic rings. The summed E-state index contributed by atoms with van der Waals surface area (Å²) in [4.78, 5) is 23.4. The summed E-state index contributed by atoms with van der Waals surface area (Å²) >= 11 is 9.77. The molecule has 0 spiro atoms. The Balaban J connectivity index is 1.17. The second-order valence-electron chi connectivity index (χ2n) is 10.6. The third-order valence-corrected chi connectivity index (χ3v) is 8.41. The minimum atomic E-state index is -0.370. The van der Waals surface area contributed by atoms with Crippen molar-refractivity contribution in [1.29, 1.82) is 0 Å². The highest BCUT2D eigenvalue weighted by molar-refractivity contribution is 9.10. The van der Waals surface area contributed by atoms with Gasteiger partial charge in [0.05, 0.1) is 23.0 Å². The Morgan fingerprint density at radius 3 is 2.31 bits per heavy atom. The Morgan fingerprint density at radius 2 is 1.58 bits per heavy atom. The van der Waals surface area contributed by atoms with Crippen LogP contribution in [0.3, 0.4) is 0 Å². The first-order valence-corrected chi connectivity index (χ1v) is 15.4. The second-order valence-corrected chi connectivity index (χ2v) is 12.0. The van der Waals surface area contributed by atoms with Crippen LogP contribution in [0.5, 0.6) is 0 Å². The summed E-state index contributed by atoms with van der Waals surface area (Å²) in [7, 11) is 0. The van der Waals surface area contributed by atoms with Gasteiger partial charge in [-0.3, -0.25) is 4.79 Å². The Morgan fingerprint density at radius 1 is 0.844 bits per heavy atom. The van der Waals surface area contributed by atoms with E-state index in [0.29, 0.717) is 23.0 Å². The molecule has 6 nitrogen and oxygen atoms in total. The smallest absolute Gasteiger partial charge is 0.274 e. The van der Waals surface area contributed by atoms with Crippen LogP contribution in [0.1, 0.15) is 33.9 Å². The molecule has 5 aromatic carbocycles. The number of benzene rings is 5. The van der Waals surface area contributed by atoms with Crippen LogP contribution in [0.4, 0.5) is 16.0 Å². The highest BCUT2D eigenvalue weighted by Crippen LogP contribution is 2.35. The molecule has 0 fully saturated rings. The van der Waals surface area contributed by atoms with Gasteiger partial charge < -0.3 is 5.32 Å². The number of anilines is 2. The Labute approximate surface area is 272 Å². The van der Waals surface area contributed by atoms with Gasteiger partial charge >= 0.3 is 0 Å². The fourth-order valence-corrected chi connectivity index (χ4v) is 5.83. The average molecular weight is 677 g/mol. The highest BCUT2D eigenvalue weighted by atomic mass is 79.9. The zero-order valence-electron chi connectivity index (χ0n) is 23.7. The van der Waals surface area contributed by atoms with Crippen molar-refractivity contribution in [3.05, 3.63) is 153 Å². The van der Waals surface area contributed by atoms with Gasteiger partial charge in [-0.25, -0.2) is 19.4 Å². The molecule has 0 saturated heterocycles. The molecular weight excluding hydrogens is 653 g/mol. The lowest BCUT2D eigenvalue weighted by Gasteiger charge is -2.22. The van der Waals surface area contributed by atoms with Crippen molar-refractivity contribution in [2.45, 2.75) is 12.5 Å². The fraction of sp³-hybridized carbons (Fsp3) is 0.0556. The minimum absolute atomic E-state index is 0.256. The lowest BCUT2D eigenvalue weighted by atomic mass is 9.98. The SMILES string of the molecule is O=C(c1ccc(Nc2nc(-c3ccccc3)c3cc(Cl)ccc3n2)cc1)N1N=C(c2ccc(Br)cc2)CC1c1ccc(F)cc1. The number of aromatic nitrogens is 2. The zero-order chi connectivity index (χ0) is 30.9. The molecule has 6 aromatic rings. The molecule has 1 N–H and O–H groups in total. The lowest BCUT2D eigenvalue weighted by Crippen LogP contribution is -2.27. The molecule has 1 aliphatic heterocycles. The molecule has 0 saturated carbocycles. The van der Waals surface area contributed by atoms with Gasteiger partial charge in [0.1, 0.15) is 5.82 Å². The predicted molar refractivity (Wildman–Crippen MR) is 180 cm³/mol. The van der Waals surface area contributed by atoms with Gasteiger partial charge in [-0.2, -0.15) is 5.10 Å². The molecule has 1 amide bonds. The first kappa shape index (κ1) is 28.8. The molecule has 1 atom stereocenters. The largest absolute Gasteiger partial charge is 0.324 e. The normalized spacial score (nSPS) is 14.4. The van der Waals surface area contributed by atoms with Crippen molar-refractivity contribution in [1.82, 2.24) is 15.0 Å². The van der Waals surface area contributed by atoms with Gasteiger partial charge in [0, 0.05) is 38.1 Å². The number of halogens is 3. The molecule has 1 unspecified atom stereocenters. The first-order valence-electron chi connectivity index (χ1n) is 14.2. The summed E-state index contributed by atoms with van der Waals surface area (Å²) in [5, 5.41) is 11.0. The summed E-state index contributed by atoms with van der Waals surface area (Å²) in [6.07, 6.45) is 0.507. The van der Waals surface area contributed by atoms with E-state index in [9.17, 15) is 9.18 Å². The van der Waals surface area contributed by atoms with Crippen molar-refractivity contribution >= 4 is 61.7 Å². The molecule has 7 rings (SSSR count). The van der Waals surface area contributed by atoms with E-state index in [2.05, 4.69) is 21.2 Å². The number of nitrogens with zero attached hydrogens (tertiary/aromatic N) is 4. The molecule has 9 heteroatoms. The van der Waals surface area contributed by atoms with Gasteiger partial charge in [0.2, 0.25) is 5.95 Å². The number of hydrogen-bond donors (Lipinski definition) is 1. The van der Waals surface area contributed by atoms with Crippen LogP contribution in [-0.2, 0) is 0 Å². The molecule has 0 aliphatic carbocycles. The maximum atomic E-state index is 13.9. The Bertz CT molecular complexity index is 2050. The van der Waals surface area contributed by atoms with Crippen molar-refractivity contribution in [2.75, 3.05) is 5.32 Å². The molecular formula is C36H24BrClFN5O. The molecule has 0 bridgehead atoms. The maximum Gasteiger partial charge on any atom is 0.274 e. The van der Waals surface area contributed by atoms with Gasteiger partial charge in [0.15, 0.2) is 0 Å². The number of rotatable bonds is 6. The second kappa shape index (κ2) is 12.2. The van der Waals surface area contributed by atoms with Crippen molar-refractivity contribution in [2.24, 2.45) is 5.10 Å². The van der Waals surface area contributed by atoms with E-state index < -0.39 is 0 Å². The van der Waals surface area contributed by atoms with Crippen LogP contribution in [0.15, 0.2) is 131 Å². The Hall–Kier alpha value is -4.92. The van der Waals surface area contributed by atoms with Gasteiger partial charge in [0.25, 0.3) is 5.91 Å². The Kier molecular flexibility index (Phi) is 7.83. The van der Waals surface area contributed by atoms with Crippen molar-refractivity contribution < 1.29 is 9.18 Å². The summed E-state index contributed by atoms with van der Waals surface area (Å²) in [6, 6.07) is 36.2. The average Bonchev–Trinajstić information content (AvgIpc) is 3.51. The van der Waals surface area contributed by atoms with Crippen molar-refractivity contribution in [3.63, 3.8) is 0 Å². The topological polar surface area (TPSA) is 70.5 Å². The van der Waals surface area contributed by atoms with Gasteiger partial charge in [-0.15, -0.1) is 0 Å². The quantitative estimate of drug-likeness (QED) is 0.191. The summed E-state index contributed by atoms with van der Waals surface area (Å²) in [5.41, 5.74) is 6.16. The van der Waals surface area contributed by atoms with E-state index in [-0.39, 0.29) is 17.8 Å². The minimum Gasteiger partial charge on any atom is -0.324 e. The van der Waals surface area contributed by atoms with Crippen LogP contribution in [0, 0.1) is 5.82 Å². The van der Waals surface area contributed by atoms with Crippen LogP contribution in [0.2, 0.25) is 5.02 Å². The standard InChI is InChI=1S/C36H24BrClFN5O/c37-26-12-6-22(7-13-26)32-21-33(23-8-15-28(39)16-9-23)44(43-32)35(45)25-10-17-29(18-11-25)40-36-41-31-19-14-27(38)20-30(31)34(42-36)24-4-2-1-3-5-24/h1-20,33H,21H2,(H,40,41,42). The van der Waals surface area contributed by atoms with E-state index in [4.69, 9.17) is 26.7 Å². The highest BCUT2D eigenvalue weighted by Gasteiger charge is 2.33. The third-order valence-electron chi connectivity index (χ3n) is 7.64. The van der Waals surface area contributed by atoms with E-state index in [0.717, 1.165) is 49.2 Å². The van der Waals surface area contributed by atoms with E-state index >= 15 is 0 Å². The number of carbonyl (C=O) groups is 1. The van der Waals surface area contributed by atoms with E-state index in [1.54, 1.807) is 30.3 Å². The lowest BCUT2D eigenvalue weighted by molar-refractivity contribution is 0.0711. The molecule has 1 aromatic heterocycles. The summed E-state index contributed by atoms with van der Waals surface area (Å²) in [6.45, 7) is 0. The number of amides is 1. The van der Waals surface area contributed by atoms with Crippen LogP contribution in [-0.4, -0.2) is 26.6 Å².